The van der Waals surface area contributed by atoms with Crippen LogP contribution in [-0.4, -0.2) is 56.1 Å². The van der Waals surface area contributed by atoms with Crippen molar-refractivity contribution in [3.63, 3.8) is 0 Å². The third-order valence-corrected chi connectivity index (χ3v) is 9.20. The maximum absolute atomic E-state index is 13.1. The zero-order chi connectivity index (χ0) is 30.2. The molecular formula is C28H38N6O5S2. The molecule has 0 aliphatic heterocycles. The normalized spacial score (nSPS) is 14.2. The molecular weight excluding hydrogens is 564 g/mol. The van der Waals surface area contributed by atoms with E-state index in [9.17, 15) is 18.3 Å². The van der Waals surface area contributed by atoms with Crippen LogP contribution in [0.15, 0.2) is 57.9 Å². The molecule has 1 aromatic heterocycles. The van der Waals surface area contributed by atoms with Crippen molar-refractivity contribution in [2.45, 2.75) is 63.1 Å². The van der Waals surface area contributed by atoms with E-state index < -0.39 is 34.1 Å². The number of carbonyl (C=O) groups is 1. The average Bonchev–Trinajstić information content (AvgIpc) is 3.47. The number of aromatic nitrogens is 1. The first-order chi connectivity index (χ1) is 19.4. The van der Waals surface area contributed by atoms with Gasteiger partial charge in [-0.3, -0.25) is 9.79 Å². The highest BCUT2D eigenvalue weighted by molar-refractivity contribution is 7.90. The van der Waals surface area contributed by atoms with Gasteiger partial charge in [-0.15, -0.1) is 11.3 Å². The standard InChI is InChI=1S/C28H38N6O5S2/c1-17-15-23(39-4)18(2)19(3)25(17)41(37,38)34-28(30)32-12-8-11-22(24(35)27-31-13-14-40-27)33-26(36)21(29)16-20-9-6-5-7-10-20/h5-7,9-10,13-15,21-22,24,35H,8,11-12,16,29H2,1-4H3,(H,33,36)(H3,30,32,34)/t21-,22-,24?/m0/s1. The summed E-state index contributed by atoms with van der Waals surface area (Å²) < 4.78 is 33.9. The van der Waals surface area contributed by atoms with E-state index in [4.69, 9.17) is 16.2 Å². The van der Waals surface area contributed by atoms with Gasteiger partial charge in [0, 0.05) is 18.1 Å². The molecule has 222 valence electrons. The Kier molecular flexibility index (Phi) is 11.2. The summed E-state index contributed by atoms with van der Waals surface area (Å²) >= 11 is 1.28. The number of rotatable bonds is 13. The Bertz CT molecular complexity index is 1450. The lowest BCUT2D eigenvalue weighted by molar-refractivity contribution is -0.124. The van der Waals surface area contributed by atoms with E-state index in [1.54, 1.807) is 38.4 Å². The number of aryl methyl sites for hydroxylation is 1. The summed E-state index contributed by atoms with van der Waals surface area (Å²) in [4.78, 5) is 21.3. The van der Waals surface area contributed by atoms with E-state index >= 15 is 0 Å². The predicted octanol–water partition coefficient (Wildman–Crippen LogP) is 2.24. The van der Waals surface area contributed by atoms with E-state index in [0.29, 0.717) is 46.7 Å². The van der Waals surface area contributed by atoms with Crippen molar-refractivity contribution in [2.24, 2.45) is 16.5 Å². The maximum atomic E-state index is 13.1. The maximum Gasteiger partial charge on any atom is 0.264 e. The number of nitrogens with one attached hydrogen (secondary N) is 2. The van der Waals surface area contributed by atoms with Crippen molar-refractivity contribution in [1.82, 2.24) is 15.0 Å². The molecule has 41 heavy (non-hydrogen) atoms. The lowest BCUT2D eigenvalue weighted by Gasteiger charge is -2.24. The van der Waals surface area contributed by atoms with Crippen LogP contribution in [0.3, 0.4) is 0 Å². The molecule has 11 nitrogen and oxygen atoms in total. The van der Waals surface area contributed by atoms with Gasteiger partial charge < -0.3 is 26.6 Å². The number of hydrogen-bond acceptors (Lipinski definition) is 9. The van der Waals surface area contributed by atoms with E-state index in [1.807, 2.05) is 30.3 Å². The molecule has 0 spiro atoms. The lowest BCUT2D eigenvalue weighted by Crippen LogP contribution is -2.48. The number of methoxy groups -OCH3 is 1. The molecule has 1 unspecified atom stereocenters. The van der Waals surface area contributed by atoms with Crippen molar-refractivity contribution >= 4 is 33.2 Å². The summed E-state index contributed by atoms with van der Waals surface area (Å²) in [6.07, 6.45) is 1.59. The van der Waals surface area contributed by atoms with Gasteiger partial charge in [0.2, 0.25) is 11.9 Å². The smallest absolute Gasteiger partial charge is 0.264 e. The van der Waals surface area contributed by atoms with Gasteiger partial charge >= 0.3 is 0 Å². The van der Waals surface area contributed by atoms with E-state index in [0.717, 1.165) is 5.56 Å². The molecule has 0 saturated heterocycles. The second-order valence-corrected chi connectivity index (χ2v) is 12.3. The van der Waals surface area contributed by atoms with Crippen LogP contribution in [0.1, 0.15) is 46.2 Å². The molecule has 3 atom stereocenters. The number of sulfonamides is 1. The summed E-state index contributed by atoms with van der Waals surface area (Å²) in [7, 11) is -2.46. The average molecular weight is 603 g/mol. The van der Waals surface area contributed by atoms with Crippen LogP contribution in [0.4, 0.5) is 0 Å². The first-order valence-corrected chi connectivity index (χ1v) is 15.5. The SMILES string of the molecule is COc1cc(C)c(S(=O)(=O)NC(N)=NCCC[C@H](NC(=O)[C@@H](N)Cc2ccccc2)C(O)c2nccs2)c(C)c1C. The predicted molar refractivity (Wildman–Crippen MR) is 160 cm³/mol. The first-order valence-electron chi connectivity index (χ1n) is 13.1. The molecule has 0 aliphatic rings. The Morgan fingerprint density at radius 2 is 1.90 bits per heavy atom. The molecule has 1 amide bonds. The van der Waals surface area contributed by atoms with Crippen molar-refractivity contribution in [3.05, 3.63) is 75.2 Å². The van der Waals surface area contributed by atoms with Gasteiger partial charge in [0.05, 0.1) is 24.1 Å². The van der Waals surface area contributed by atoms with Crippen LogP contribution >= 0.6 is 11.3 Å². The summed E-state index contributed by atoms with van der Waals surface area (Å²) in [6, 6.07) is 9.60. The topological polar surface area (TPSA) is 182 Å². The van der Waals surface area contributed by atoms with Crippen LogP contribution in [0.25, 0.3) is 0 Å². The Morgan fingerprint density at radius 3 is 2.54 bits per heavy atom. The highest BCUT2D eigenvalue weighted by Crippen LogP contribution is 2.30. The van der Waals surface area contributed by atoms with Crippen molar-refractivity contribution in [2.75, 3.05) is 13.7 Å². The Labute approximate surface area is 245 Å². The number of nitrogens with two attached hydrogens (primary N) is 2. The van der Waals surface area contributed by atoms with Gasteiger partial charge in [-0.05, 0) is 68.4 Å². The molecule has 0 fully saturated rings. The number of aliphatic imine (C=N–C) groups is 1. The molecule has 0 radical (unpaired) electrons. The van der Waals surface area contributed by atoms with Gasteiger partial charge in [0.15, 0.2) is 0 Å². The summed E-state index contributed by atoms with van der Waals surface area (Å²) in [6.45, 7) is 5.33. The number of guanidine groups is 1. The third-order valence-electron chi connectivity index (χ3n) is 6.71. The van der Waals surface area contributed by atoms with E-state index in [2.05, 4.69) is 20.0 Å². The minimum Gasteiger partial charge on any atom is -0.496 e. The van der Waals surface area contributed by atoms with E-state index in [-0.39, 0.29) is 17.4 Å². The fourth-order valence-corrected chi connectivity index (χ4v) is 6.66. The highest BCUT2D eigenvalue weighted by Gasteiger charge is 2.27. The monoisotopic (exact) mass is 602 g/mol. The summed E-state index contributed by atoms with van der Waals surface area (Å²) in [5.41, 5.74) is 14.8. The largest absolute Gasteiger partial charge is 0.496 e. The van der Waals surface area contributed by atoms with Gasteiger partial charge in [-0.25, -0.2) is 18.1 Å². The number of hydrogen-bond donors (Lipinski definition) is 5. The number of ether oxygens (including phenoxy) is 1. The molecule has 13 heteroatoms. The molecule has 0 aliphatic carbocycles. The Balaban J connectivity index is 1.64. The summed E-state index contributed by atoms with van der Waals surface area (Å²) in [5, 5.41) is 16.0. The highest BCUT2D eigenvalue weighted by atomic mass is 32.2. The van der Waals surface area contributed by atoms with Crippen molar-refractivity contribution in [3.8, 4) is 5.75 Å². The van der Waals surface area contributed by atoms with Gasteiger partial charge in [0.25, 0.3) is 10.0 Å². The third kappa shape index (κ3) is 8.49. The van der Waals surface area contributed by atoms with Crippen LogP contribution in [0, 0.1) is 20.8 Å². The number of benzene rings is 2. The number of aliphatic hydroxyl groups excluding tert-OH is 1. The molecule has 7 N–H and O–H groups in total. The summed E-state index contributed by atoms with van der Waals surface area (Å²) in [5.74, 6) is -0.0582. The number of aliphatic hydroxyl groups is 1. The van der Waals surface area contributed by atoms with Crippen molar-refractivity contribution < 1.29 is 23.1 Å². The van der Waals surface area contributed by atoms with Crippen LogP contribution in [-0.2, 0) is 21.2 Å². The second-order valence-electron chi connectivity index (χ2n) is 9.72. The van der Waals surface area contributed by atoms with Gasteiger partial charge in [-0.2, -0.15) is 0 Å². The first kappa shape index (κ1) is 32.0. The van der Waals surface area contributed by atoms with Gasteiger partial charge in [-0.1, -0.05) is 30.3 Å². The van der Waals surface area contributed by atoms with E-state index in [1.165, 1.54) is 18.4 Å². The number of amides is 1. The minimum absolute atomic E-state index is 0.120. The molecule has 1 heterocycles. The Morgan fingerprint density at radius 1 is 1.20 bits per heavy atom. The number of nitrogens with zero attached hydrogens (tertiary/aromatic N) is 2. The molecule has 0 bridgehead atoms. The van der Waals surface area contributed by atoms with Crippen LogP contribution in [0.5, 0.6) is 5.75 Å². The quantitative estimate of drug-likeness (QED) is 0.112. The number of thiazole rings is 1. The zero-order valence-corrected chi connectivity index (χ0v) is 25.3. The molecule has 2 aromatic carbocycles. The van der Waals surface area contributed by atoms with Gasteiger partial charge in [0.1, 0.15) is 16.9 Å². The van der Waals surface area contributed by atoms with Crippen LogP contribution in [0.2, 0.25) is 0 Å². The molecule has 3 rings (SSSR count). The van der Waals surface area contributed by atoms with Crippen molar-refractivity contribution in [1.29, 1.82) is 0 Å². The minimum atomic E-state index is -4.00. The Hall–Kier alpha value is -3.52. The molecule has 3 aromatic rings. The fraction of sp³-hybridized carbons (Fsp3) is 0.393. The van der Waals surface area contributed by atoms with Crippen LogP contribution < -0.4 is 26.2 Å². The lowest BCUT2D eigenvalue weighted by atomic mass is 10.0. The molecule has 0 saturated carbocycles. The number of carbonyl (C=O) groups excluding carboxylic acids is 1. The zero-order valence-electron chi connectivity index (χ0n) is 23.6. The fourth-order valence-electron chi connectivity index (χ4n) is 4.49. The second kappa shape index (κ2) is 14.4.